The first kappa shape index (κ1) is 14.2. The molecule has 4 nitrogen and oxygen atoms in total. The van der Waals surface area contributed by atoms with Crippen LogP contribution in [0.3, 0.4) is 0 Å². The highest BCUT2D eigenvalue weighted by Gasteiger charge is 2.21. The molecule has 0 N–H and O–H groups in total. The van der Waals surface area contributed by atoms with Gasteiger partial charge >= 0.3 is 0 Å². The van der Waals surface area contributed by atoms with Crippen molar-refractivity contribution in [1.29, 1.82) is 5.26 Å². The van der Waals surface area contributed by atoms with Crippen molar-refractivity contribution in [3.63, 3.8) is 0 Å². The van der Waals surface area contributed by atoms with Crippen LogP contribution in [0, 0.1) is 11.3 Å². The molecule has 5 heteroatoms. The largest absolute Gasteiger partial charge is 0.416 e. The second kappa shape index (κ2) is 6.77. The van der Waals surface area contributed by atoms with Crippen LogP contribution in [-0.4, -0.2) is 10.2 Å². The van der Waals surface area contributed by atoms with E-state index < -0.39 is 0 Å². The minimum atomic E-state index is 0.454. The van der Waals surface area contributed by atoms with E-state index in [0.717, 1.165) is 17.2 Å². The fourth-order valence-electron chi connectivity index (χ4n) is 2.61. The molecule has 1 aromatic heterocycles. The van der Waals surface area contributed by atoms with Crippen LogP contribution in [0.5, 0.6) is 0 Å². The zero-order valence-corrected chi connectivity index (χ0v) is 12.6. The first-order valence-electron chi connectivity index (χ1n) is 7.30. The molecule has 0 aliphatic heterocycles. The van der Waals surface area contributed by atoms with Crippen molar-refractivity contribution in [2.75, 3.05) is 0 Å². The molecule has 0 radical (unpaired) electrons. The summed E-state index contributed by atoms with van der Waals surface area (Å²) in [7, 11) is 0. The highest BCUT2D eigenvalue weighted by Crippen LogP contribution is 2.33. The van der Waals surface area contributed by atoms with Gasteiger partial charge in [-0.15, -0.1) is 10.2 Å². The van der Waals surface area contributed by atoms with Crippen LogP contribution < -0.4 is 0 Å². The predicted molar refractivity (Wildman–Crippen MR) is 80.8 cm³/mol. The summed E-state index contributed by atoms with van der Waals surface area (Å²) in [6, 6.07) is 9.71. The molecule has 0 atom stereocenters. The van der Waals surface area contributed by atoms with Gasteiger partial charge < -0.3 is 4.42 Å². The molecule has 0 bridgehead atoms. The number of hydrogen-bond acceptors (Lipinski definition) is 5. The molecule has 1 fully saturated rings. The monoisotopic (exact) mass is 299 g/mol. The maximum atomic E-state index is 8.77. The van der Waals surface area contributed by atoms with Crippen LogP contribution in [0.4, 0.5) is 0 Å². The van der Waals surface area contributed by atoms with Gasteiger partial charge in [0.1, 0.15) is 0 Å². The molecule has 0 unspecified atom stereocenters. The van der Waals surface area contributed by atoms with Gasteiger partial charge in [0.05, 0.1) is 11.6 Å². The molecule has 1 aromatic carbocycles. The molecule has 1 aliphatic rings. The van der Waals surface area contributed by atoms with Crippen molar-refractivity contribution in [3.05, 3.63) is 41.3 Å². The second-order valence-electron chi connectivity index (χ2n) is 5.34. The standard InChI is InChI=1S/C16H17N3OS/c17-10-12-6-8-13(9-7-12)11-21-16-19-18-15(20-16)14-4-2-1-3-5-14/h6-9,14H,1-5,11H2. The third-order valence-electron chi connectivity index (χ3n) is 3.82. The summed E-state index contributed by atoms with van der Waals surface area (Å²) in [5.41, 5.74) is 1.83. The molecular formula is C16H17N3OS. The van der Waals surface area contributed by atoms with Crippen molar-refractivity contribution in [1.82, 2.24) is 10.2 Å². The molecule has 108 valence electrons. The van der Waals surface area contributed by atoms with E-state index >= 15 is 0 Å². The summed E-state index contributed by atoms with van der Waals surface area (Å²) in [6.45, 7) is 0. The summed E-state index contributed by atoms with van der Waals surface area (Å²) in [5.74, 6) is 2.03. The van der Waals surface area contributed by atoms with E-state index in [0.29, 0.717) is 16.7 Å². The third-order valence-corrected chi connectivity index (χ3v) is 4.71. The van der Waals surface area contributed by atoms with Crippen LogP contribution in [0.2, 0.25) is 0 Å². The van der Waals surface area contributed by atoms with E-state index in [1.165, 1.54) is 32.1 Å². The van der Waals surface area contributed by atoms with Crippen LogP contribution >= 0.6 is 11.8 Å². The smallest absolute Gasteiger partial charge is 0.276 e. The predicted octanol–water partition coefficient (Wildman–Crippen LogP) is 4.28. The van der Waals surface area contributed by atoms with Crippen LogP contribution in [0.15, 0.2) is 33.9 Å². The maximum absolute atomic E-state index is 8.77. The van der Waals surface area contributed by atoms with Gasteiger partial charge in [0, 0.05) is 11.7 Å². The molecule has 3 rings (SSSR count). The summed E-state index contributed by atoms with van der Waals surface area (Å²) in [4.78, 5) is 0. The molecule has 1 aliphatic carbocycles. The fourth-order valence-corrected chi connectivity index (χ4v) is 3.34. The summed E-state index contributed by atoms with van der Waals surface area (Å²) >= 11 is 1.55. The van der Waals surface area contributed by atoms with Gasteiger partial charge in [-0.3, -0.25) is 0 Å². The lowest BCUT2D eigenvalue weighted by atomic mass is 9.89. The Labute approximate surface area is 128 Å². The topological polar surface area (TPSA) is 62.7 Å². The average Bonchev–Trinajstić information content (AvgIpc) is 3.03. The van der Waals surface area contributed by atoms with Gasteiger partial charge in [0.15, 0.2) is 0 Å². The minimum absolute atomic E-state index is 0.454. The first-order chi connectivity index (χ1) is 10.3. The van der Waals surface area contributed by atoms with Crippen LogP contribution in [0.1, 0.15) is 55.0 Å². The van der Waals surface area contributed by atoms with E-state index in [-0.39, 0.29) is 0 Å². The number of aromatic nitrogens is 2. The zero-order valence-electron chi connectivity index (χ0n) is 11.8. The Morgan fingerprint density at radius 3 is 2.62 bits per heavy atom. The Balaban J connectivity index is 1.57. The Kier molecular flexibility index (Phi) is 4.56. The Morgan fingerprint density at radius 1 is 1.14 bits per heavy atom. The Hall–Kier alpha value is -1.80. The van der Waals surface area contributed by atoms with Crippen molar-refractivity contribution in [3.8, 4) is 6.07 Å². The van der Waals surface area contributed by atoms with E-state index in [9.17, 15) is 0 Å². The van der Waals surface area contributed by atoms with Crippen molar-refractivity contribution in [2.45, 2.75) is 49.0 Å². The first-order valence-corrected chi connectivity index (χ1v) is 8.29. The van der Waals surface area contributed by atoms with Crippen molar-refractivity contribution < 1.29 is 4.42 Å². The van der Waals surface area contributed by atoms with Gasteiger partial charge in [0.2, 0.25) is 5.89 Å². The van der Waals surface area contributed by atoms with Crippen LogP contribution in [0.25, 0.3) is 0 Å². The summed E-state index contributed by atoms with van der Waals surface area (Å²) in [5, 5.41) is 17.7. The Morgan fingerprint density at radius 2 is 1.90 bits per heavy atom. The molecule has 0 spiro atoms. The highest BCUT2D eigenvalue weighted by molar-refractivity contribution is 7.98. The number of rotatable bonds is 4. The normalized spacial score (nSPS) is 15.8. The molecule has 0 saturated heterocycles. The van der Waals surface area contributed by atoms with E-state index in [2.05, 4.69) is 16.3 Å². The number of nitriles is 1. The molecule has 0 amide bonds. The van der Waals surface area contributed by atoms with Crippen molar-refractivity contribution in [2.24, 2.45) is 0 Å². The van der Waals surface area contributed by atoms with Gasteiger partial charge in [-0.25, -0.2) is 0 Å². The quantitative estimate of drug-likeness (QED) is 0.788. The lowest BCUT2D eigenvalue weighted by molar-refractivity contribution is 0.334. The number of benzene rings is 1. The number of thioether (sulfide) groups is 1. The second-order valence-corrected chi connectivity index (χ2v) is 6.27. The van der Waals surface area contributed by atoms with Gasteiger partial charge in [-0.2, -0.15) is 5.26 Å². The lowest BCUT2D eigenvalue weighted by Gasteiger charge is -2.17. The summed E-state index contributed by atoms with van der Waals surface area (Å²) < 4.78 is 5.78. The van der Waals surface area contributed by atoms with Crippen LogP contribution in [-0.2, 0) is 5.75 Å². The van der Waals surface area contributed by atoms with Gasteiger partial charge in [0.25, 0.3) is 5.22 Å². The van der Waals surface area contributed by atoms with E-state index in [1.807, 2.05) is 24.3 Å². The number of hydrogen-bond donors (Lipinski definition) is 0. The maximum Gasteiger partial charge on any atom is 0.276 e. The Bertz CT molecular complexity index is 624. The van der Waals surface area contributed by atoms with Crippen molar-refractivity contribution >= 4 is 11.8 Å². The molecule has 1 saturated carbocycles. The van der Waals surface area contributed by atoms with Gasteiger partial charge in [-0.1, -0.05) is 43.2 Å². The zero-order chi connectivity index (χ0) is 14.5. The van der Waals surface area contributed by atoms with E-state index in [1.54, 1.807) is 11.8 Å². The average molecular weight is 299 g/mol. The molecular weight excluding hydrogens is 282 g/mol. The molecule has 21 heavy (non-hydrogen) atoms. The fraction of sp³-hybridized carbons (Fsp3) is 0.438. The SMILES string of the molecule is N#Cc1ccc(CSc2nnc(C3CCCCC3)o2)cc1. The lowest BCUT2D eigenvalue weighted by Crippen LogP contribution is -2.04. The van der Waals surface area contributed by atoms with E-state index in [4.69, 9.17) is 9.68 Å². The summed E-state index contributed by atoms with van der Waals surface area (Å²) in [6.07, 6.45) is 6.19. The minimum Gasteiger partial charge on any atom is -0.416 e. The molecule has 2 aromatic rings. The number of nitrogens with zero attached hydrogens (tertiary/aromatic N) is 3. The third kappa shape index (κ3) is 3.64. The molecule has 1 heterocycles. The highest BCUT2D eigenvalue weighted by atomic mass is 32.2. The van der Waals surface area contributed by atoms with Gasteiger partial charge in [-0.05, 0) is 30.5 Å².